The van der Waals surface area contributed by atoms with Crippen LogP contribution in [0.1, 0.15) is 20.8 Å². The molecule has 0 atom stereocenters. The monoisotopic (exact) mass is 264 g/mol. The van der Waals surface area contributed by atoms with Crippen LogP contribution in [-0.4, -0.2) is 28.0 Å². The minimum absolute atomic E-state index is 0.346. The van der Waals surface area contributed by atoms with Gasteiger partial charge in [-0.15, -0.1) is 0 Å². The third-order valence-electron chi connectivity index (χ3n) is 1.31. The van der Waals surface area contributed by atoms with Crippen LogP contribution in [0.5, 0.6) is 0 Å². The van der Waals surface area contributed by atoms with E-state index in [-0.39, 0.29) is 5.08 Å². The van der Waals surface area contributed by atoms with Gasteiger partial charge in [0.2, 0.25) is 5.69 Å². The summed E-state index contributed by atoms with van der Waals surface area (Å²) in [6.45, 7) is 4.67. The van der Waals surface area contributed by atoms with Crippen LogP contribution in [-0.2, 0) is 21.6 Å². The molecule has 0 fully saturated rings. The summed E-state index contributed by atoms with van der Waals surface area (Å²) in [5.41, 5.74) is -3.46. The Morgan fingerprint density at radius 3 is 2.00 bits per heavy atom. The predicted molar refractivity (Wildman–Crippen MR) is 59.9 cm³/mol. The molecular formula is C5H13O4PS3. The van der Waals surface area contributed by atoms with Crippen LogP contribution < -0.4 is 0 Å². The van der Waals surface area contributed by atoms with Gasteiger partial charge in [-0.25, -0.2) is 8.42 Å². The van der Waals surface area contributed by atoms with Crippen LogP contribution in [0.2, 0.25) is 0 Å². The lowest BCUT2D eigenvalue weighted by atomic mass is 10.3. The smallest absolute Gasteiger partial charge is 0.243 e. The summed E-state index contributed by atoms with van der Waals surface area (Å²) in [5.74, 6) is 0. The average molecular weight is 264 g/mol. The van der Waals surface area contributed by atoms with E-state index in [1.807, 2.05) is 0 Å². The molecule has 2 N–H and O–H groups in total. The van der Waals surface area contributed by atoms with Gasteiger partial charge in [0.25, 0.3) is 0 Å². The summed E-state index contributed by atoms with van der Waals surface area (Å²) >= 11 is 4.81. The first kappa shape index (κ1) is 13.9. The molecule has 0 aromatic carbocycles. The van der Waals surface area contributed by atoms with Crippen molar-refractivity contribution in [3.8, 4) is 0 Å². The molecular weight excluding hydrogens is 251 g/mol. The Balaban J connectivity index is 4.49. The molecule has 0 unspecified atom stereocenters. The molecule has 0 heterocycles. The Labute approximate surface area is 87.6 Å². The number of hydrogen-bond donors (Lipinski definition) is 2. The lowest BCUT2D eigenvalue weighted by Crippen LogP contribution is -2.29. The van der Waals surface area contributed by atoms with E-state index in [9.17, 15) is 8.42 Å². The van der Waals surface area contributed by atoms with E-state index in [1.54, 1.807) is 20.8 Å². The lowest BCUT2D eigenvalue weighted by Gasteiger charge is -2.19. The molecule has 0 bridgehead atoms. The highest BCUT2D eigenvalue weighted by Crippen LogP contribution is 2.51. The van der Waals surface area contributed by atoms with Gasteiger partial charge in [-0.3, -0.25) is 0 Å². The standard InChI is InChI=1S/C5H13O4PS3/c1-5(2,3)13(8,9)4-12-10(6,7)11/h4H2,1-3H3,(H2,6,7,11). The fourth-order valence-electron chi connectivity index (χ4n) is 0.315. The molecule has 0 radical (unpaired) electrons. The molecule has 0 amide bonds. The highest BCUT2D eigenvalue weighted by atomic mass is 32.9. The molecule has 0 aliphatic rings. The molecule has 0 saturated heterocycles. The third-order valence-corrected chi connectivity index (χ3v) is 8.08. The minimum atomic E-state index is -3.46. The van der Waals surface area contributed by atoms with E-state index < -0.39 is 20.3 Å². The van der Waals surface area contributed by atoms with Crippen LogP contribution >= 0.6 is 17.1 Å². The summed E-state index contributed by atoms with van der Waals surface area (Å²) in [6, 6.07) is 0. The van der Waals surface area contributed by atoms with Crippen LogP contribution in [0.25, 0.3) is 0 Å². The summed E-state index contributed by atoms with van der Waals surface area (Å²) in [6.07, 6.45) is 0. The Hall–Kier alpha value is 0.870. The van der Waals surface area contributed by atoms with E-state index in [0.717, 1.165) is 0 Å². The zero-order valence-corrected chi connectivity index (χ0v) is 10.9. The van der Waals surface area contributed by atoms with Crippen LogP contribution in [0.4, 0.5) is 0 Å². The quantitative estimate of drug-likeness (QED) is 0.744. The fraction of sp³-hybridized carbons (Fsp3) is 1.00. The zero-order chi connectivity index (χ0) is 10.9. The third kappa shape index (κ3) is 5.34. The Morgan fingerprint density at radius 1 is 1.38 bits per heavy atom. The lowest BCUT2D eigenvalue weighted by molar-refractivity contribution is 0.502. The Bertz CT molecular complexity index is 309. The van der Waals surface area contributed by atoms with Crippen molar-refractivity contribution < 1.29 is 18.2 Å². The SMILES string of the molecule is CC(C)(C)S(=O)(=O)CSP(O)(O)=S. The molecule has 80 valence electrons. The topological polar surface area (TPSA) is 74.6 Å². The molecule has 8 heteroatoms. The van der Waals surface area contributed by atoms with Crippen molar-refractivity contribution in [3.63, 3.8) is 0 Å². The molecule has 0 aliphatic carbocycles. The van der Waals surface area contributed by atoms with E-state index in [2.05, 4.69) is 11.8 Å². The van der Waals surface area contributed by atoms with Gasteiger partial charge in [0, 0.05) is 0 Å². The summed E-state index contributed by atoms with van der Waals surface area (Å²) < 4.78 is 22.0. The van der Waals surface area contributed by atoms with Crippen molar-refractivity contribution in [3.05, 3.63) is 0 Å². The van der Waals surface area contributed by atoms with Gasteiger partial charge in [-0.05, 0) is 32.6 Å². The second kappa shape index (κ2) is 4.16. The van der Waals surface area contributed by atoms with Crippen molar-refractivity contribution in [2.45, 2.75) is 25.5 Å². The first-order chi connectivity index (χ1) is 5.46. The first-order valence-corrected chi connectivity index (χ1v) is 9.33. The van der Waals surface area contributed by atoms with Crippen LogP contribution in [0, 0.1) is 0 Å². The normalized spacial score (nSPS) is 14.5. The number of rotatable bonds is 3. The second-order valence-corrected chi connectivity index (χ2v) is 12.6. The highest BCUT2D eigenvalue weighted by molar-refractivity contribution is 8.68. The maximum absolute atomic E-state index is 11.4. The van der Waals surface area contributed by atoms with Crippen molar-refractivity contribution in [1.82, 2.24) is 0 Å². The van der Waals surface area contributed by atoms with Crippen molar-refractivity contribution in [2.24, 2.45) is 0 Å². The first-order valence-electron chi connectivity index (χ1n) is 3.38. The molecule has 13 heavy (non-hydrogen) atoms. The number of hydrogen-bond acceptors (Lipinski definition) is 4. The molecule has 0 aliphatic heterocycles. The molecule has 0 aromatic rings. The van der Waals surface area contributed by atoms with Crippen molar-refractivity contribution in [1.29, 1.82) is 0 Å². The van der Waals surface area contributed by atoms with Gasteiger partial charge < -0.3 is 9.79 Å². The molecule has 0 saturated carbocycles. The van der Waals surface area contributed by atoms with Crippen molar-refractivity contribution >= 4 is 38.7 Å². The summed E-state index contributed by atoms with van der Waals surface area (Å²) in [5, 5.41) is -0.346. The van der Waals surface area contributed by atoms with E-state index >= 15 is 0 Å². The molecule has 0 spiro atoms. The van der Waals surface area contributed by atoms with E-state index in [1.165, 1.54) is 0 Å². The largest absolute Gasteiger partial charge is 0.338 e. The molecule has 4 nitrogen and oxygen atoms in total. The Morgan fingerprint density at radius 2 is 1.77 bits per heavy atom. The van der Waals surface area contributed by atoms with E-state index in [4.69, 9.17) is 9.79 Å². The maximum atomic E-state index is 11.4. The van der Waals surface area contributed by atoms with Gasteiger partial charge in [-0.1, -0.05) is 11.4 Å². The summed E-state index contributed by atoms with van der Waals surface area (Å²) in [7, 11) is -3.33. The number of sulfone groups is 1. The molecule has 0 aromatic heterocycles. The van der Waals surface area contributed by atoms with Crippen LogP contribution in [0.15, 0.2) is 0 Å². The van der Waals surface area contributed by atoms with Gasteiger partial charge in [0.05, 0.1) is 4.75 Å². The van der Waals surface area contributed by atoms with Gasteiger partial charge in [0.15, 0.2) is 9.84 Å². The van der Waals surface area contributed by atoms with Crippen molar-refractivity contribution in [2.75, 3.05) is 5.08 Å². The fourth-order valence-corrected chi connectivity index (χ4v) is 6.48. The maximum Gasteiger partial charge on any atom is 0.243 e. The average Bonchev–Trinajstić information content (AvgIpc) is 1.79. The summed E-state index contributed by atoms with van der Waals surface area (Å²) in [4.78, 5) is 17.7. The Kier molecular flexibility index (Phi) is 4.44. The van der Waals surface area contributed by atoms with E-state index in [0.29, 0.717) is 11.4 Å². The van der Waals surface area contributed by atoms with Gasteiger partial charge in [0.1, 0.15) is 5.08 Å². The molecule has 0 rings (SSSR count). The van der Waals surface area contributed by atoms with Crippen LogP contribution in [0.3, 0.4) is 0 Å². The van der Waals surface area contributed by atoms with Gasteiger partial charge >= 0.3 is 0 Å². The highest BCUT2D eigenvalue weighted by Gasteiger charge is 2.30. The van der Waals surface area contributed by atoms with Gasteiger partial charge in [-0.2, -0.15) is 0 Å². The zero-order valence-electron chi connectivity index (χ0n) is 7.59. The second-order valence-electron chi connectivity index (χ2n) is 3.46. The minimum Gasteiger partial charge on any atom is -0.338 e. The predicted octanol–water partition coefficient (Wildman–Crippen LogP) is 1.10.